The van der Waals surface area contributed by atoms with Gasteiger partial charge >= 0.3 is 0 Å². The Morgan fingerprint density at radius 2 is 2.00 bits per heavy atom. The first-order valence-electron chi connectivity index (χ1n) is 6.35. The fourth-order valence-electron chi connectivity index (χ4n) is 2.14. The molecule has 9 heteroatoms. The van der Waals surface area contributed by atoms with Gasteiger partial charge in [-0.15, -0.1) is 5.10 Å². The third kappa shape index (κ3) is 1.86. The molecule has 1 aromatic carbocycles. The minimum absolute atomic E-state index is 0.0384. The fraction of sp³-hybridized carbons (Fsp3) is 0.167. The standard InChI is InChI=1S/C12H10N8O/c1-7(8-5-3-2-4-6-8)13-9-11-15-18-19-20(11)12-10(14-9)16-21-17-12/h2-7H,1H3,(H,13,14,16)/t7-/m1/s1. The molecular weight excluding hydrogens is 272 g/mol. The summed E-state index contributed by atoms with van der Waals surface area (Å²) in [7, 11) is 0. The zero-order valence-corrected chi connectivity index (χ0v) is 11.0. The number of tetrazole rings is 1. The largest absolute Gasteiger partial charge is 0.360 e. The number of benzene rings is 1. The van der Waals surface area contributed by atoms with Crippen LogP contribution in [0.15, 0.2) is 35.0 Å². The number of aromatic nitrogens is 7. The van der Waals surface area contributed by atoms with Crippen LogP contribution in [0.5, 0.6) is 0 Å². The van der Waals surface area contributed by atoms with Gasteiger partial charge in [0.1, 0.15) is 0 Å². The fourth-order valence-corrected chi connectivity index (χ4v) is 2.14. The first kappa shape index (κ1) is 11.7. The number of fused-ring (bicyclic) bond motifs is 3. The molecule has 0 amide bonds. The summed E-state index contributed by atoms with van der Waals surface area (Å²) in [5, 5.41) is 22.2. The topological polar surface area (TPSA) is 107 Å². The van der Waals surface area contributed by atoms with Crippen LogP contribution in [0.3, 0.4) is 0 Å². The SMILES string of the molecule is C[C@@H](Nc1nc2nonc2n2nnnc12)c1ccccc1. The molecule has 1 N–H and O–H groups in total. The van der Waals surface area contributed by atoms with E-state index in [4.69, 9.17) is 0 Å². The van der Waals surface area contributed by atoms with E-state index in [-0.39, 0.29) is 6.04 Å². The summed E-state index contributed by atoms with van der Waals surface area (Å²) in [5.41, 5.74) is 2.33. The normalized spacial score (nSPS) is 12.8. The van der Waals surface area contributed by atoms with E-state index in [1.165, 1.54) is 4.52 Å². The van der Waals surface area contributed by atoms with Gasteiger partial charge in [0.15, 0.2) is 5.82 Å². The van der Waals surface area contributed by atoms with Crippen molar-refractivity contribution in [3.8, 4) is 0 Å². The highest BCUT2D eigenvalue weighted by Gasteiger charge is 2.17. The van der Waals surface area contributed by atoms with Gasteiger partial charge in [-0.3, -0.25) is 0 Å². The average molecular weight is 282 g/mol. The molecule has 0 radical (unpaired) electrons. The summed E-state index contributed by atoms with van der Waals surface area (Å²) in [4.78, 5) is 4.36. The zero-order chi connectivity index (χ0) is 14.2. The van der Waals surface area contributed by atoms with E-state index in [1.54, 1.807) is 0 Å². The van der Waals surface area contributed by atoms with Crippen LogP contribution in [-0.4, -0.2) is 35.3 Å². The van der Waals surface area contributed by atoms with Crippen LogP contribution >= 0.6 is 0 Å². The molecule has 4 rings (SSSR count). The molecule has 0 saturated carbocycles. The van der Waals surface area contributed by atoms with Gasteiger partial charge in [-0.25, -0.2) is 9.61 Å². The molecule has 104 valence electrons. The zero-order valence-electron chi connectivity index (χ0n) is 11.0. The Balaban J connectivity index is 1.80. The maximum atomic E-state index is 4.68. The number of rotatable bonds is 3. The van der Waals surface area contributed by atoms with Gasteiger partial charge in [-0.1, -0.05) is 30.3 Å². The van der Waals surface area contributed by atoms with Crippen molar-refractivity contribution < 1.29 is 4.63 Å². The smallest absolute Gasteiger partial charge is 0.248 e. The van der Waals surface area contributed by atoms with E-state index in [0.29, 0.717) is 22.8 Å². The minimum atomic E-state index is 0.0384. The van der Waals surface area contributed by atoms with Crippen LogP contribution in [0.1, 0.15) is 18.5 Å². The Kier molecular flexibility index (Phi) is 2.49. The Morgan fingerprint density at radius 3 is 2.86 bits per heavy atom. The van der Waals surface area contributed by atoms with Gasteiger partial charge in [-0.2, -0.15) is 4.52 Å². The highest BCUT2D eigenvalue weighted by Crippen LogP contribution is 2.22. The summed E-state index contributed by atoms with van der Waals surface area (Å²) in [6.45, 7) is 2.03. The predicted molar refractivity (Wildman–Crippen MR) is 72.4 cm³/mol. The van der Waals surface area contributed by atoms with Crippen molar-refractivity contribution >= 4 is 22.8 Å². The summed E-state index contributed by atoms with van der Waals surface area (Å²) >= 11 is 0. The number of anilines is 1. The van der Waals surface area contributed by atoms with Crippen molar-refractivity contribution in [3.05, 3.63) is 35.9 Å². The first-order valence-corrected chi connectivity index (χ1v) is 6.35. The lowest BCUT2D eigenvalue weighted by molar-refractivity contribution is 0.313. The summed E-state index contributed by atoms with van der Waals surface area (Å²) in [6.07, 6.45) is 0. The van der Waals surface area contributed by atoms with Crippen molar-refractivity contribution in [3.63, 3.8) is 0 Å². The van der Waals surface area contributed by atoms with E-state index >= 15 is 0 Å². The van der Waals surface area contributed by atoms with Gasteiger partial charge in [-0.05, 0) is 33.2 Å². The highest BCUT2D eigenvalue weighted by atomic mass is 16.6. The van der Waals surface area contributed by atoms with E-state index < -0.39 is 0 Å². The molecule has 3 heterocycles. The van der Waals surface area contributed by atoms with Crippen LogP contribution in [0.4, 0.5) is 5.82 Å². The highest BCUT2D eigenvalue weighted by molar-refractivity contribution is 5.75. The number of hydrogen-bond acceptors (Lipinski definition) is 8. The maximum Gasteiger partial charge on any atom is 0.248 e. The van der Waals surface area contributed by atoms with E-state index in [0.717, 1.165) is 5.56 Å². The molecule has 1 atom stereocenters. The third-order valence-electron chi connectivity index (χ3n) is 3.21. The van der Waals surface area contributed by atoms with Crippen LogP contribution < -0.4 is 5.32 Å². The van der Waals surface area contributed by atoms with E-state index in [2.05, 4.69) is 40.8 Å². The first-order chi connectivity index (χ1) is 10.3. The van der Waals surface area contributed by atoms with Gasteiger partial charge in [0, 0.05) is 0 Å². The van der Waals surface area contributed by atoms with Crippen LogP contribution in [0.2, 0.25) is 0 Å². The molecule has 0 bridgehead atoms. The maximum absolute atomic E-state index is 4.68. The molecule has 0 unspecified atom stereocenters. The molecule has 21 heavy (non-hydrogen) atoms. The number of hydrogen-bond donors (Lipinski definition) is 1. The molecule has 9 nitrogen and oxygen atoms in total. The van der Waals surface area contributed by atoms with Gasteiger partial charge < -0.3 is 5.32 Å². The minimum Gasteiger partial charge on any atom is -0.360 e. The molecule has 0 aliphatic rings. The lowest BCUT2D eigenvalue weighted by Gasteiger charge is -2.14. The van der Waals surface area contributed by atoms with Crippen LogP contribution in [-0.2, 0) is 0 Å². The van der Waals surface area contributed by atoms with Crippen molar-refractivity contribution in [2.75, 3.05) is 5.32 Å². The molecule has 4 aromatic rings. The monoisotopic (exact) mass is 282 g/mol. The Morgan fingerprint density at radius 1 is 1.14 bits per heavy atom. The second kappa shape index (κ2) is 4.47. The molecule has 0 aliphatic heterocycles. The van der Waals surface area contributed by atoms with Crippen molar-refractivity contribution in [1.82, 2.24) is 35.3 Å². The number of nitrogens with zero attached hydrogens (tertiary/aromatic N) is 7. The van der Waals surface area contributed by atoms with Crippen LogP contribution in [0, 0.1) is 0 Å². The van der Waals surface area contributed by atoms with E-state index in [1.807, 2.05) is 37.3 Å². The molecular formula is C12H10N8O. The van der Waals surface area contributed by atoms with Crippen molar-refractivity contribution in [1.29, 1.82) is 0 Å². The quantitative estimate of drug-likeness (QED) is 0.597. The van der Waals surface area contributed by atoms with Crippen LogP contribution in [0.25, 0.3) is 16.9 Å². The predicted octanol–water partition coefficient (Wildman–Crippen LogP) is 1.23. The lowest BCUT2D eigenvalue weighted by Crippen LogP contribution is -2.10. The lowest BCUT2D eigenvalue weighted by atomic mass is 10.1. The molecule has 0 fully saturated rings. The second-order valence-electron chi connectivity index (χ2n) is 4.56. The summed E-state index contributed by atoms with van der Waals surface area (Å²) < 4.78 is 6.12. The Hall–Kier alpha value is -3.10. The van der Waals surface area contributed by atoms with Crippen molar-refractivity contribution in [2.24, 2.45) is 0 Å². The average Bonchev–Trinajstić information content (AvgIpc) is 3.16. The van der Waals surface area contributed by atoms with E-state index in [9.17, 15) is 0 Å². The molecule has 0 spiro atoms. The molecule has 0 saturated heterocycles. The Bertz CT molecular complexity index is 899. The van der Waals surface area contributed by atoms with Gasteiger partial charge in [0.25, 0.3) is 0 Å². The molecule has 0 aliphatic carbocycles. The van der Waals surface area contributed by atoms with Gasteiger partial charge in [0.05, 0.1) is 6.04 Å². The summed E-state index contributed by atoms with van der Waals surface area (Å²) in [6, 6.07) is 10.1. The Labute approximate surface area is 117 Å². The second-order valence-corrected chi connectivity index (χ2v) is 4.56. The van der Waals surface area contributed by atoms with Crippen molar-refractivity contribution in [2.45, 2.75) is 13.0 Å². The third-order valence-corrected chi connectivity index (χ3v) is 3.21. The summed E-state index contributed by atoms with van der Waals surface area (Å²) in [5.74, 6) is 0.527. The molecule has 3 aromatic heterocycles. The van der Waals surface area contributed by atoms with Gasteiger partial charge in [0.2, 0.25) is 16.9 Å². The number of nitrogens with one attached hydrogen (secondary N) is 1.